The molecule has 0 radical (unpaired) electrons. The van der Waals surface area contributed by atoms with Gasteiger partial charge in [0.05, 0.1) is 6.26 Å². The molecule has 0 saturated heterocycles. The molecule has 1 N–H and O–H groups in total. The lowest BCUT2D eigenvalue weighted by atomic mass is 10.2. The van der Waals surface area contributed by atoms with E-state index in [0.717, 1.165) is 5.56 Å². The summed E-state index contributed by atoms with van der Waals surface area (Å²) in [6.45, 7) is 1.71. The van der Waals surface area contributed by atoms with Crippen LogP contribution in [0.3, 0.4) is 0 Å². The first-order valence-electron chi connectivity index (χ1n) is 8.79. The van der Waals surface area contributed by atoms with Gasteiger partial charge in [0.15, 0.2) is 5.82 Å². The monoisotopic (exact) mass is 389 g/mol. The third-order valence-electron chi connectivity index (χ3n) is 4.22. The highest BCUT2D eigenvalue weighted by Crippen LogP contribution is 2.23. The molecule has 0 aliphatic carbocycles. The number of aryl methyl sites for hydroxylation is 1. The molecule has 7 nitrogen and oxygen atoms in total. The van der Waals surface area contributed by atoms with Crippen LogP contribution in [0.5, 0.6) is 0 Å². The van der Waals surface area contributed by atoms with Crippen molar-refractivity contribution in [1.82, 2.24) is 20.2 Å². The minimum absolute atomic E-state index is 0.146. The third-order valence-corrected chi connectivity index (χ3v) is 4.22. The molecule has 0 saturated carbocycles. The van der Waals surface area contributed by atoms with E-state index in [4.69, 9.17) is 4.42 Å². The van der Waals surface area contributed by atoms with E-state index >= 15 is 0 Å². The fourth-order valence-corrected chi connectivity index (χ4v) is 2.80. The van der Waals surface area contributed by atoms with Crippen molar-refractivity contribution >= 4 is 23.4 Å². The first-order valence-corrected chi connectivity index (χ1v) is 8.79. The lowest BCUT2D eigenvalue weighted by molar-refractivity contribution is -0.111. The van der Waals surface area contributed by atoms with Crippen molar-refractivity contribution in [3.8, 4) is 11.4 Å². The van der Waals surface area contributed by atoms with Crippen LogP contribution >= 0.6 is 0 Å². The summed E-state index contributed by atoms with van der Waals surface area (Å²) >= 11 is 0. The number of benzene rings is 2. The van der Waals surface area contributed by atoms with Crippen LogP contribution in [0.15, 0.2) is 71.3 Å². The summed E-state index contributed by atoms with van der Waals surface area (Å²) in [5.74, 6) is 0.00848. The zero-order valence-electron chi connectivity index (χ0n) is 15.4. The summed E-state index contributed by atoms with van der Waals surface area (Å²) in [6.07, 6.45) is 3.04. The minimum Gasteiger partial charge on any atom is -0.465 e. The van der Waals surface area contributed by atoms with Gasteiger partial charge in [0.1, 0.15) is 17.3 Å². The summed E-state index contributed by atoms with van der Waals surface area (Å²) in [4.78, 5) is 13.1. The molecule has 29 heavy (non-hydrogen) atoms. The van der Waals surface area contributed by atoms with Gasteiger partial charge in [-0.2, -0.15) is 4.68 Å². The zero-order chi connectivity index (χ0) is 20.2. The van der Waals surface area contributed by atoms with E-state index in [2.05, 4.69) is 20.8 Å². The molecule has 2 aromatic carbocycles. The van der Waals surface area contributed by atoms with Crippen molar-refractivity contribution in [2.45, 2.75) is 6.92 Å². The molecule has 144 valence electrons. The van der Waals surface area contributed by atoms with Crippen molar-refractivity contribution in [2.24, 2.45) is 0 Å². The Morgan fingerprint density at radius 3 is 2.69 bits per heavy atom. The standard InChI is InChI=1S/C21H16FN5O2/c1-14-12-16(22)9-10-18(14)23-21(28)19(13-17-8-5-11-29-17)27-20(24-25-26-27)15-6-3-2-4-7-15/h2-13H,1H3,(H,23,28)/b19-13-. The molecule has 2 aromatic heterocycles. The van der Waals surface area contributed by atoms with Crippen molar-refractivity contribution in [1.29, 1.82) is 0 Å². The van der Waals surface area contributed by atoms with Gasteiger partial charge in [-0.15, -0.1) is 5.10 Å². The lowest BCUT2D eigenvalue weighted by Gasteiger charge is -2.12. The summed E-state index contributed by atoms with van der Waals surface area (Å²) in [5, 5.41) is 14.6. The number of aromatic nitrogens is 4. The molecule has 0 bridgehead atoms. The molecule has 0 unspecified atom stereocenters. The van der Waals surface area contributed by atoms with Gasteiger partial charge in [-0.25, -0.2) is 4.39 Å². The van der Waals surface area contributed by atoms with Crippen LogP contribution in [0, 0.1) is 12.7 Å². The van der Waals surface area contributed by atoms with Crippen LogP contribution in [0.25, 0.3) is 23.2 Å². The molecule has 0 aliphatic heterocycles. The zero-order valence-corrected chi connectivity index (χ0v) is 15.4. The van der Waals surface area contributed by atoms with E-state index in [9.17, 15) is 9.18 Å². The molecule has 2 heterocycles. The average Bonchev–Trinajstić information content (AvgIpc) is 3.40. The number of nitrogens with zero attached hydrogens (tertiary/aromatic N) is 4. The molecule has 0 aliphatic rings. The first-order chi connectivity index (χ1) is 14.1. The normalized spacial score (nSPS) is 11.4. The van der Waals surface area contributed by atoms with Gasteiger partial charge in [0.2, 0.25) is 0 Å². The predicted molar refractivity (Wildman–Crippen MR) is 106 cm³/mol. The molecule has 0 spiro atoms. The number of furan rings is 1. The molecular weight excluding hydrogens is 373 g/mol. The van der Waals surface area contributed by atoms with Crippen LogP contribution in [0.2, 0.25) is 0 Å². The lowest BCUT2D eigenvalue weighted by Crippen LogP contribution is -2.20. The summed E-state index contributed by atoms with van der Waals surface area (Å²) in [5.41, 5.74) is 1.97. The summed E-state index contributed by atoms with van der Waals surface area (Å²) in [7, 11) is 0. The quantitative estimate of drug-likeness (QED) is 0.521. The van der Waals surface area contributed by atoms with Crippen molar-refractivity contribution < 1.29 is 13.6 Å². The molecule has 0 fully saturated rings. The molecular formula is C21H16FN5O2. The van der Waals surface area contributed by atoms with E-state index in [1.165, 1.54) is 35.2 Å². The Morgan fingerprint density at radius 2 is 1.97 bits per heavy atom. The number of hydrogen-bond acceptors (Lipinski definition) is 5. The van der Waals surface area contributed by atoms with E-state index in [1.54, 1.807) is 19.1 Å². The van der Waals surface area contributed by atoms with Crippen LogP contribution in [-0.2, 0) is 4.79 Å². The maximum absolute atomic E-state index is 13.4. The molecule has 4 aromatic rings. The average molecular weight is 389 g/mol. The maximum atomic E-state index is 13.4. The van der Waals surface area contributed by atoms with Gasteiger partial charge < -0.3 is 9.73 Å². The number of carbonyl (C=O) groups excluding carboxylic acids is 1. The van der Waals surface area contributed by atoms with Gasteiger partial charge >= 0.3 is 0 Å². The Labute approximate surface area is 165 Å². The van der Waals surface area contributed by atoms with Crippen LogP contribution in [-0.4, -0.2) is 26.1 Å². The van der Waals surface area contributed by atoms with Gasteiger partial charge in [0, 0.05) is 17.3 Å². The molecule has 8 heteroatoms. The molecule has 0 atom stereocenters. The number of amides is 1. The van der Waals surface area contributed by atoms with Crippen LogP contribution < -0.4 is 5.32 Å². The summed E-state index contributed by atoms with van der Waals surface area (Å²) in [6, 6.07) is 16.8. The second-order valence-electron chi connectivity index (χ2n) is 6.24. The fourth-order valence-electron chi connectivity index (χ4n) is 2.80. The number of anilines is 1. The van der Waals surface area contributed by atoms with Gasteiger partial charge in [0.25, 0.3) is 5.91 Å². The van der Waals surface area contributed by atoms with Crippen LogP contribution in [0.1, 0.15) is 11.3 Å². The largest absolute Gasteiger partial charge is 0.465 e. The molecule has 4 rings (SSSR count). The number of tetrazole rings is 1. The van der Waals surface area contributed by atoms with Crippen LogP contribution in [0.4, 0.5) is 10.1 Å². The Hall–Kier alpha value is -4.07. The predicted octanol–water partition coefficient (Wildman–Crippen LogP) is 4.02. The highest BCUT2D eigenvalue weighted by atomic mass is 19.1. The smallest absolute Gasteiger partial charge is 0.274 e. The van der Waals surface area contributed by atoms with Crippen molar-refractivity contribution in [3.05, 3.63) is 84.1 Å². The molecule has 1 amide bonds. The van der Waals surface area contributed by atoms with E-state index < -0.39 is 5.91 Å². The second-order valence-corrected chi connectivity index (χ2v) is 6.24. The van der Waals surface area contributed by atoms with Gasteiger partial charge in [-0.1, -0.05) is 30.3 Å². The Kier molecular flexibility index (Phi) is 4.98. The Morgan fingerprint density at radius 1 is 1.14 bits per heavy atom. The minimum atomic E-state index is -0.472. The second kappa shape index (κ2) is 7.89. The van der Waals surface area contributed by atoms with E-state index in [1.807, 2.05) is 30.3 Å². The number of carbonyl (C=O) groups is 1. The Balaban J connectivity index is 1.76. The SMILES string of the molecule is Cc1cc(F)ccc1NC(=O)/C(=C/c1ccco1)n1nnnc1-c1ccccc1. The highest BCUT2D eigenvalue weighted by Gasteiger charge is 2.20. The van der Waals surface area contributed by atoms with Crippen molar-refractivity contribution in [3.63, 3.8) is 0 Å². The third kappa shape index (κ3) is 3.96. The number of hydrogen-bond donors (Lipinski definition) is 1. The fraction of sp³-hybridized carbons (Fsp3) is 0.0476. The van der Waals surface area contributed by atoms with Gasteiger partial charge in [-0.3, -0.25) is 4.79 Å². The number of rotatable bonds is 5. The van der Waals surface area contributed by atoms with E-state index in [0.29, 0.717) is 22.8 Å². The summed E-state index contributed by atoms with van der Waals surface area (Å²) < 4.78 is 20.1. The van der Waals surface area contributed by atoms with E-state index in [-0.39, 0.29) is 11.5 Å². The number of nitrogens with one attached hydrogen (secondary N) is 1. The highest BCUT2D eigenvalue weighted by molar-refractivity contribution is 6.24. The topological polar surface area (TPSA) is 85.8 Å². The number of halogens is 1. The van der Waals surface area contributed by atoms with Crippen molar-refractivity contribution in [2.75, 3.05) is 5.32 Å². The Bertz CT molecular complexity index is 1170. The first kappa shape index (κ1) is 18.3. The maximum Gasteiger partial charge on any atom is 0.274 e. The van der Waals surface area contributed by atoms with Gasteiger partial charge in [-0.05, 0) is 53.2 Å².